The van der Waals surface area contributed by atoms with Crippen LogP contribution in [0.3, 0.4) is 0 Å². The zero-order valence-electron chi connectivity index (χ0n) is 11.8. The van der Waals surface area contributed by atoms with Crippen LogP contribution in [-0.2, 0) is 6.54 Å². The molecule has 1 aromatic carbocycles. The van der Waals surface area contributed by atoms with Crippen LogP contribution in [0.15, 0.2) is 18.2 Å². The Morgan fingerprint density at radius 1 is 1.17 bits per heavy atom. The first-order valence-electron chi connectivity index (χ1n) is 6.73. The molecule has 0 amide bonds. The van der Waals surface area contributed by atoms with Crippen molar-refractivity contribution >= 4 is 0 Å². The number of aryl methyl sites for hydroxylation is 1. The van der Waals surface area contributed by atoms with Crippen molar-refractivity contribution < 1.29 is 4.74 Å². The highest BCUT2D eigenvalue weighted by molar-refractivity contribution is 5.36. The van der Waals surface area contributed by atoms with E-state index < -0.39 is 0 Å². The molecule has 1 aliphatic heterocycles. The molecule has 1 heterocycles. The molecule has 2 rings (SSSR count). The van der Waals surface area contributed by atoms with Crippen molar-refractivity contribution in [3.05, 3.63) is 29.3 Å². The van der Waals surface area contributed by atoms with Gasteiger partial charge in [-0.1, -0.05) is 12.1 Å². The van der Waals surface area contributed by atoms with Gasteiger partial charge in [0, 0.05) is 19.6 Å². The molecule has 0 aromatic heterocycles. The number of rotatable bonds is 3. The third kappa shape index (κ3) is 3.47. The van der Waals surface area contributed by atoms with Gasteiger partial charge in [0.05, 0.1) is 7.11 Å². The quantitative estimate of drug-likeness (QED) is 0.815. The molecule has 0 unspecified atom stereocenters. The lowest BCUT2D eigenvalue weighted by molar-refractivity contribution is 0.269. The second-order valence-corrected chi connectivity index (χ2v) is 5.24. The summed E-state index contributed by atoms with van der Waals surface area (Å²) in [6.07, 6.45) is 1.27. The van der Waals surface area contributed by atoms with Gasteiger partial charge in [-0.25, -0.2) is 0 Å². The summed E-state index contributed by atoms with van der Waals surface area (Å²) in [6, 6.07) is 6.50. The Balaban J connectivity index is 1.98. The van der Waals surface area contributed by atoms with Gasteiger partial charge in [-0.3, -0.25) is 4.90 Å². The van der Waals surface area contributed by atoms with Crippen molar-refractivity contribution in [2.45, 2.75) is 19.9 Å². The standard InChI is InChI=1S/C15H24N2O/c1-13-11-14(5-6-15(13)18-3)12-17-8-4-7-16(2)9-10-17/h5-6,11H,4,7-10,12H2,1-3H3. The van der Waals surface area contributed by atoms with E-state index >= 15 is 0 Å². The largest absolute Gasteiger partial charge is 0.496 e. The minimum atomic E-state index is 0.981. The summed E-state index contributed by atoms with van der Waals surface area (Å²) >= 11 is 0. The number of nitrogens with zero attached hydrogens (tertiary/aromatic N) is 2. The summed E-state index contributed by atoms with van der Waals surface area (Å²) in [4.78, 5) is 4.96. The Hall–Kier alpha value is -1.06. The molecule has 100 valence electrons. The van der Waals surface area contributed by atoms with Crippen LogP contribution in [-0.4, -0.2) is 50.1 Å². The van der Waals surface area contributed by atoms with Crippen LogP contribution in [0.1, 0.15) is 17.5 Å². The molecular formula is C15H24N2O. The highest BCUT2D eigenvalue weighted by Gasteiger charge is 2.12. The van der Waals surface area contributed by atoms with Gasteiger partial charge in [0.15, 0.2) is 0 Å². The normalized spacial score (nSPS) is 18.6. The van der Waals surface area contributed by atoms with Crippen molar-refractivity contribution in [2.75, 3.05) is 40.3 Å². The summed E-state index contributed by atoms with van der Waals surface area (Å²) in [5.41, 5.74) is 2.61. The van der Waals surface area contributed by atoms with Crippen molar-refractivity contribution in [1.29, 1.82) is 0 Å². The number of ether oxygens (including phenoxy) is 1. The van der Waals surface area contributed by atoms with Gasteiger partial charge in [0.25, 0.3) is 0 Å². The molecule has 0 radical (unpaired) electrons. The first-order valence-corrected chi connectivity index (χ1v) is 6.73. The van der Waals surface area contributed by atoms with E-state index in [4.69, 9.17) is 4.74 Å². The van der Waals surface area contributed by atoms with Gasteiger partial charge in [-0.05, 0) is 50.7 Å². The van der Waals surface area contributed by atoms with Crippen LogP contribution in [0.4, 0.5) is 0 Å². The summed E-state index contributed by atoms with van der Waals surface area (Å²) in [6.45, 7) is 7.93. The summed E-state index contributed by atoms with van der Waals surface area (Å²) in [7, 11) is 3.94. The van der Waals surface area contributed by atoms with Crippen LogP contribution in [0.5, 0.6) is 5.75 Å². The lowest BCUT2D eigenvalue weighted by atomic mass is 10.1. The maximum atomic E-state index is 5.30. The topological polar surface area (TPSA) is 15.7 Å². The minimum absolute atomic E-state index is 0.981. The third-order valence-corrected chi connectivity index (χ3v) is 3.68. The van der Waals surface area contributed by atoms with Crippen LogP contribution in [0.2, 0.25) is 0 Å². The average Bonchev–Trinajstić information content (AvgIpc) is 2.55. The Morgan fingerprint density at radius 2 is 2.00 bits per heavy atom. The Bertz CT molecular complexity index is 392. The fourth-order valence-electron chi connectivity index (χ4n) is 2.56. The molecule has 18 heavy (non-hydrogen) atoms. The number of benzene rings is 1. The first kappa shape index (κ1) is 13.4. The molecule has 1 aromatic rings. The summed E-state index contributed by atoms with van der Waals surface area (Å²) < 4.78 is 5.30. The molecular weight excluding hydrogens is 224 g/mol. The van der Waals surface area contributed by atoms with E-state index in [9.17, 15) is 0 Å². The van der Waals surface area contributed by atoms with Gasteiger partial charge in [0.1, 0.15) is 5.75 Å². The molecule has 1 saturated heterocycles. The van der Waals surface area contributed by atoms with Crippen LogP contribution in [0, 0.1) is 6.92 Å². The number of likely N-dealkylation sites (N-methyl/N-ethyl adjacent to an activating group) is 1. The van der Waals surface area contributed by atoms with Gasteiger partial charge in [-0.2, -0.15) is 0 Å². The number of methoxy groups -OCH3 is 1. The van der Waals surface area contributed by atoms with E-state index in [1.165, 1.54) is 43.7 Å². The summed E-state index contributed by atoms with van der Waals surface area (Å²) in [5.74, 6) is 0.981. The highest BCUT2D eigenvalue weighted by Crippen LogP contribution is 2.19. The van der Waals surface area contributed by atoms with Crippen molar-refractivity contribution in [2.24, 2.45) is 0 Å². The molecule has 0 atom stereocenters. The fraction of sp³-hybridized carbons (Fsp3) is 0.600. The second-order valence-electron chi connectivity index (χ2n) is 5.24. The van der Waals surface area contributed by atoms with E-state index in [-0.39, 0.29) is 0 Å². The lowest BCUT2D eigenvalue weighted by Crippen LogP contribution is -2.28. The Morgan fingerprint density at radius 3 is 2.72 bits per heavy atom. The van der Waals surface area contributed by atoms with E-state index in [2.05, 4.69) is 42.0 Å². The first-order chi connectivity index (χ1) is 8.69. The molecule has 0 N–H and O–H groups in total. The second kappa shape index (κ2) is 6.21. The smallest absolute Gasteiger partial charge is 0.121 e. The maximum Gasteiger partial charge on any atom is 0.121 e. The monoisotopic (exact) mass is 248 g/mol. The Kier molecular flexibility index (Phi) is 4.61. The predicted molar refractivity (Wildman–Crippen MR) is 75.1 cm³/mol. The SMILES string of the molecule is COc1ccc(CN2CCCN(C)CC2)cc1C. The molecule has 0 bridgehead atoms. The molecule has 0 spiro atoms. The van der Waals surface area contributed by atoms with E-state index in [1.54, 1.807) is 7.11 Å². The summed E-state index contributed by atoms with van der Waals surface area (Å²) in [5, 5.41) is 0. The lowest BCUT2D eigenvalue weighted by Gasteiger charge is -2.20. The van der Waals surface area contributed by atoms with Gasteiger partial charge >= 0.3 is 0 Å². The molecule has 0 saturated carbocycles. The fourth-order valence-corrected chi connectivity index (χ4v) is 2.56. The van der Waals surface area contributed by atoms with Crippen LogP contribution < -0.4 is 4.74 Å². The van der Waals surface area contributed by atoms with E-state index in [0.29, 0.717) is 0 Å². The predicted octanol–water partition coefficient (Wildman–Crippen LogP) is 2.14. The average molecular weight is 248 g/mol. The molecule has 1 aliphatic rings. The van der Waals surface area contributed by atoms with Crippen LogP contribution in [0.25, 0.3) is 0 Å². The number of hydrogen-bond donors (Lipinski definition) is 0. The molecule has 3 heteroatoms. The van der Waals surface area contributed by atoms with Gasteiger partial charge < -0.3 is 9.64 Å². The van der Waals surface area contributed by atoms with E-state index in [0.717, 1.165) is 12.3 Å². The zero-order chi connectivity index (χ0) is 13.0. The molecule has 0 aliphatic carbocycles. The van der Waals surface area contributed by atoms with Crippen molar-refractivity contribution in [1.82, 2.24) is 9.80 Å². The minimum Gasteiger partial charge on any atom is -0.496 e. The molecule has 1 fully saturated rings. The van der Waals surface area contributed by atoms with Crippen molar-refractivity contribution in [3.8, 4) is 5.75 Å². The van der Waals surface area contributed by atoms with Gasteiger partial charge in [-0.15, -0.1) is 0 Å². The zero-order valence-corrected chi connectivity index (χ0v) is 11.8. The Labute approximate surface area is 110 Å². The highest BCUT2D eigenvalue weighted by atomic mass is 16.5. The van der Waals surface area contributed by atoms with E-state index in [1.807, 2.05) is 0 Å². The van der Waals surface area contributed by atoms with Crippen LogP contribution >= 0.6 is 0 Å². The molecule has 3 nitrogen and oxygen atoms in total. The third-order valence-electron chi connectivity index (χ3n) is 3.68. The van der Waals surface area contributed by atoms with Crippen molar-refractivity contribution in [3.63, 3.8) is 0 Å². The maximum absolute atomic E-state index is 5.30. The van der Waals surface area contributed by atoms with Gasteiger partial charge in [0.2, 0.25) is 0 Å². The number of hydrogen-bond acceptors (Lipinski definition) is 3.